The van der Waals surface area contributed by atoms with E-state index in [0.29, 0.717) is 5.76 Å². The lowest BCUT2D eigenvalue weighted by molar-refractivity contribution is 0.00276. The zero-order valence-corrected chi connectivity index (χ0v) is 10.6. The second kappa shape index (κ2) is 6.12. The number of hydrogen-bond donors (Lipinski definition) is 1. The molecule has 0 aliphatic rings. The summed E-state index contributed by atoms with van der Waals surface area (Å²) in [5.74, 6) is 0.435. The standard InChI is InChI=1S/C14H16F2O3/c1-9-3-2-4-10-7-12(19-14(9)10)11(17)5-6-18-8-13(15)16/h2-4,7,11,13,17H,5-6,8H2,1H3. The molecule has 1 N–H and O–H groups in total. The lowest BCUT2D eigenvalue weighted by atomic mass is 10.1. The first-order valence-corrected chi connectivity index (χ1v) is 6.11. The maximum atomic E-state index is 11.9. The summed E-state index contributed by atoms with van der Waals surface area (Å²) in [7, 11) is 0. The van der Waals surface area contributed by atoms with E-state index in [0.717, 1.165) is 16.5 Å². The van der Waals surface area contributed by atoms with Gasteiger partial charge in [0.1, 0.15) is 24.1 Å². The van der Waals surface area contributed by atoms with E-state index in [2.05, 4.69) is 0 Å². The first-order chi connectivity index (χ1) is 9.08. The molecule has 0 aliphatic carbocycles. The molecule has 0 aliphatic heterocycles. The molecule has 1 atom stereocenters. The van der Waals surface area contributed by atoms with Gasteiger partial charge in [-0.15, -0.1) is 0 Å². The fourth-order valence-corrected chi connectivity index (χ4v) is 1.90. The summed E-state index contributed by atoms with van der Waals surface area (Å²) in [4.78, 5) is 0. The lowest BCUT2D eigenvalue weighted by Crippen LogP contribution is -2.08. The average Bonchev–Trinajstić information content (AvgIpc) is 2.79. The second-order valence-electron chi connectivity index (χ2n) is 4.41. The SMILES string of the molecule is Cc1cccc2cc(C(O)CCOCC(F)F)oc12. The number of hydrogen-bond acceptors (Lipinski definition) is 3. The second-order valence-corrected chi connectivity index (χ2v) is 4.41. The third-order valence-electron chi connectivity index (χ3n) is 2.87. The molecule has 5 heteroatoms. The van der Waals surface area contributed by atoms with Gasteiger partial charge in [0, 0.05) is 18.4 Å². The number of para-hydroxylation sites is 1. The van der Waals surface area contributed by atoms with E-state index in [-0.39, 0.29) is 13.0 Å². The molecule has 1 aromatic heterocycles. The Balaban J connectivity index is 1.97. The van der Waals surface area contributed by atoms with Gasteiger partial charge < -0.3 is 14.3 Å². The fraction of sp³-hybridized carbons (Fsp3) is 0.429. The summed E-state index contributed by atoms with van der Waals surface area (Å²) in [6.07, 6.45) is -3.10. The number of aryl methyl sites for hydroxylation is 1. The molecule has 1 aromatic carbocycles. The predicted octanol–water partition coefficient (Wildman–Crippen LogP) is 3.45. The number of aliphatic hydroxyl groups excluding tert-OH is 1. The van der Waals surface area contributed by atoms with Gasteiger partial charge in [-0.25, -0.2) is 8.78 Å². The van der Waals surface area contributed by atoms with Gasteiger partial charge in [0.25, 0.3) is 6.43 Å². The minimum absolute atomic E-state index is 0.0710. The number of fused-ring (bicyclic) bond motifs is 1. The van der Waals surface area contributed by atoms with Crippen molar-refractivity contribution in [3.05, 3.63) is 35.6 Å². The van der Waals surface area contributed by atoms with Crippen LogP contribution < -0.4 is 0 Å². The van der Waals surface area contributed by atoms with Crippen LogP contribution >= 0.6 is 0 Å². The number of ether oxygens (including phenoxy) is 1. The third kappa shape index (κ3) is 3.52. The number of rotatable bonds is 6. The van der Waals surface area contributed by atoms with Crippen molar-refractivity contribution in [1.82, 2.24) is 0 Å². The summed E-state index contributed by atoms with van der Waals surface area (Å²) < 4.78 is 34.0. The number of furan rings is 1. The molecule has 2 aromatic rings. The van der Waals surface area contributed by atoms with Crippen molar-refractivity contribution in [3.63, 3.8) is 0 Å². The van der Waals surface area contributed by atoms with E-state index in [4.69, 9.17) is 9.15 Å². The van der Waals surface area contributed by atoms with E-state index < -0.39 is 19.1 Å². The van der Waals surface area contributed by atoms with Crippen molar-refractivity contribution in [3.8, 4) is 0 Å². The molecule has 0 bridgehead atoms. The minimum atomic E-state index is -2.48. The molecule has 3 nitrogen and oxygen atoms in total. The zero-order valence-electron chi connectivity index (χ0n) is 10.6. The van der Waals surface area contributed by atoms with Crippen LogP contribution in [0.25, 0.3) is 11.0 Å². The van der Waals surface area contributed by atoms with Gasteiger partial charge >= 0.3 is 0 Å². The van der Waals surface area contributed by atoms with Gasteiger partial charge in [0.2, 0.25) is 0 Å². The Morgan fingerprint density at radius 3 is 2.84 bits per heavy atom. The number of alkyl halides is 2. The van der Waals surface area contributed by atoms with Gasteiger partial charge in [-0.1, -0.05) is 18.2 Å². The summed E-state index contributed by atoms with van der Waals surface area (Å²) >= 11 is 0. The van der Waals surface area contributed by atoms with Gasteiger partial charge in [-0.2, -0.15) is 0 Å². The van der Waals surface area contributed by atoms with Crippen molar-refractivity contribution >= 4 is 11.0 Å². The first kappa shape index (κ1) is 14.0. The smallest absolute Gasteiger partial charge is 0.261 e. The molecule has 0 amide bonds. The van der Waals surface area contributed by atoms with Crippen LogP contribution in [-0.4, -0.2) is 24.7 Å². The van der Waals surface area contributed by atoms with Crippen LogP contribution in [0.2, 0.25) is 0 Å². The molecular formula is C14H16F2O3. The zero-order chi connectivity index (χ0) is 13.8. The van der Waals surface area contributed by atoms with Crippen LogP contribution in [-0.2, 0) is 4.74 Å². The normalized spacial score (nSPS) is 13.3. The van der Waals surface area contributed by atoms with Crippen molar-refractivity contribution in [2.75, 3.05) is 13.2 Å². The van der Waals surface area contributed by atoms with Gasteiger partial charge in [0.15, 0.2) is 0 Å². The molecule has 0 spiro atoms. The molecule has 19 heavy (non-hydrogen) atoms. The Labute approximate surface area is 109 Å². The molecule has 0 saturated carbocycles. The number of halogens is 2. The van der Waals surface area contributed by atoms with Crippen molar-refractivity contribution < 1.29 is 23.0 Å². The Bertz CT molecular complexity index is 536. The Morgan fingerprint density at radius 2 is 2.16 bits per heavy atom. The quantitative estimate of drug-likeness (QED) is 0.817. The maximum Gasteiger partial charge on any atom is 0.261 e. The molecule has 0 saturated heterocycles. The summed E-state index contributed by atoms with van der Waals surface area (Å²) in [5.41, 5.74) is 1.73. The lowest BCUT2D eigenvalue weighted by Gasteiger charge is -2.07. The maximum absolute atomic E-state index is 11.9. The first-order valence-electron chi connectivity index (χ1n) is 6.11. The highest BCUT2D eigenvalue weighted by atomic mass is 19.3. The third-order valence-corrected chi connectivity index (χ3v) is 2.87. The fourth-order valence-electron chi connectivity index (χ4n) is 1.90. The highest BCUT2D eigenvalue weighted by molar-refractivity contribution is 5.80. The van der Waals surface area contributed by atoms with Crippen LogP contribution in [0.1, 0.15) is 23.8 Å². The van der Waals surface area contributed by atoms with Crippen LogP contribution in [0.3, 0.4) is 0 Å². The van der Waals surface area contributed by atoms with E-state index in [1.807, 2.05) is 25.1 Å². The number of aliphatic hydroxyl groups is 1. The molecule has 0 fully saturated rings. The van der Waals surface area contributed by atoms with Crippen molar-refractivity contribution in [1.29, 1.82) is 0 Å². The molecule has 1 heterocycles. The minimum Gasteiger partial charge on any atom is -0.458 e. The van der Waals surface area contributed by atoms with E-state index >= 15 is 0 Å². The molecular weight excluding hydrogens is 254 g/mol. The topological polar surface area (TPSA) is 42.6 Å². The van der Waals surface area contributed by atoms with E-state index in [9.17, 15) is 13.9 Å². The Hall–Kier alpha value is -1.46. The summed E-state index contributed by atoms with van der Waals surface area (Å²) in [5, 5.41) is 10.8. The van der Waals surface area contributed by atoms with Crippen LogP contribution in [0, 0.1) is 6.92 Å². The van der Waals surface area contributed by atoms with E-state index in [1.54, 1.807) is 6.07 Å². The van der Waals surface area contributed by atoms with Crippen LogP contribution in [0.4, 0.5) is 8.78 Å². The Kier molecular flexibility index (Phi) is 4.50. The van der Waals surface area contributed by atoms with Gasteiger partial charge in [-0.05, 0) is 18.6 Å². The summed E-state index contributed by atoms with van der Waals surface area (Å²) in [6.45, 7) is 1.39. The van der Waals surface area contributed by atoms with Crippen molar-refractivity contribution in [2.45, 2.75) is 25.9 Å². The van der Waals surface area contributed by atoms with Crippen LogP contribution in [0.15, 0.2) is 28.7 Å². The largest absolute Gasteiger partial charge is 0.458 e. The monoisotopic (exact) mass is 270 g/mol. The highest BCUT2D eigenvalue weighted by Crippen LogP contribution is 2.27. The molecule has 0 radical (unpaired) electrons. The predicted molar refractivity (Wildman–Crippen MR) is 67.4 cm³/mol. The van der Waals surface area contributed by atoms with Gasteiger partial charge in [0.05, 0.1) is 0 Å². The van der Waals surface area contributed by atoms with Crippen LogP contribution in [0.5, 0.6) is 0 Å². The number of benzene rings is 1. The average molecular weight is 270 g/mol. The van der Waals surface area contributed by atoms with E-state index in [1.165, 1.54) is 0 Å². The molecule has 2 rings (SSSR count). The highest BCUT2D eigenvalue weighted by Gasteiger charge is 2.14. The molecule has 1 unspecified atom stereocenters. The van der Waals surface area contributed by atoms with Gasteiger partial charge in [-0.3, -0.25) is 0 Å². The van der Waals surface area contributed by atoms with Crippen molar-refractivity contribution in [2.24, 2.45) is 0 Å². The molecule has 104 valence electrons. The summed E-state index contributed by atoms with van der Waals surface area (Å²) in [6, 6.07) is 7.50. The Morgan fingerprint density at radius 1 is 1.37 bits per heavy atom.